The monoisotopic (exact) mass is 499 g/mol. The molecule has 3 aromatic carbocycles. The highest BCUT2D eigenvalue weighted by Crippen LogP contribution is 2.50. The van der Waals surface area contributed by atoms with Gasteiger partial charge in [0.15, 0.2) is 0 Å². The van der Waals surface area contributed by atoms with Gasteiger partial charge in [0.05, 0.1) is 10.9 Å². The largest absolute Gasteiger partial charge is 0.378 e. The molecule has 0 amide bonds. The number of nitrogens with one attached hydrogen (secondary N) is 2. The summed E-state index contributed by atoms with van der Waals surface area (Å²) in [6.45, 7) is 8.71. The van der Waals surface area contributed by atoms with E-state index in [1.54, 1.807) is 6.07 Å². The smallest absolute Gasteiger partial charge is 0.241 e. The summed E-state index contributed by atoms with van der Waals surface area (Å²) in [4.78, 5) is 0.323. The summed E-state index contributed by atoms with van der Waals surface area (Å²) in [5, 5.41) is 6.36. The van der Waals surface area contributed by atoms with Gasteiger partial charge in [0, 0.05) is 45.5 Å². The number of sulfonamides is 1. The highest BCUT2D eigenvalue weighted by molar-refractivity contribution is 7.89. The lowest BCUT2D eigenvalue weighted by Crippen LogP contribution is -2.40. The number of hydrogen-bond donors (Lipinski definition) is 2. The number of nitrogens with zero attached hydrogens (tertiary/aromatic N) is 1. The standard InChI is InChI=1S/C30H33N3O2S/c1-5-33-27-12-7-6-9-22(27)25-17-19(13-16-28(25)33)29-23-11-8-10-21(23)24-18-20(14-15-26(24)31-29)36(34,35)32-30(2,3)4/h6-10,12-18,21,23,29,31-32H,5,11H2,1-4H3. The molecule has 1 aliphatic carbocycles. The lowest BCUT2D eigenvalue weighted by molar-refractivity contribution is 0.425. The Kier molecular flexibility index (Phi) is 5.32. The molecule has 2 N–H and O–H groups in total. The first-order valence-electron chi connectivity index (χ1n) is 12.8. The Labute approximate surface area is 213 Å². The number of benzene rings is 3. The number of fused-ring (bicyclic) bond motifs is 6. The second kappa shape index (κ2) is 8.22. The van der Waals surface area contributed by atoms with Gasteiger partial charge in [-0.15, -0.1) is 0 Å². The van der Waals surface area contributed by atoms with Crippen LogP contribution in [0.15, 0.2) is 77.7 Å². The molecule has 0 fully saturated rings. The Bertz CT molecular complexity index is 1630. The summed E-state index contributed by atoms with van der Waals surface area (Å²) in [6.07, 6.45) is 5.47. The quantitative estimate of drug-likeness (QED) is 0.307. The van der Waals surface area contributed by atoms with E-state index in [4.69, 9.17) is 0 Å². The zero-order chi connectivity index (χ0) is 25.2. The predicted molar refractivity (Wildman–Crippen MR) is 148 cm³/mol. The van der Waals surface area contributed by atoms with E-state index in [-0.39, 0.29) is 12.0 Å². The summed E-state index contributed by atoms with van der Waals surface area (Å²) in [5.74, 6) is 0.520. The fourth-order valence-electron chi connectivity index (χ4n) is 6.14. The van der Waals surface area contributed by atoms with E-state index < -0.39 is 15.6 Å². The van der Waals surface area contributed by atoms with Gasteiger partial charge in [0.2, 0.25) is 10.0 Å². The van der Waals surface area contributed by atoms with Crippen molar-refractivity contribution < 1.29 is 8.42 Å². The maximum absolute atomic E-state index is 13.0. The molecule has 36 heavy (non-hydrogen) atoms. The van der Waals surface area contributed by atoms with Crippen molar-refractivity contribution in [2.75, 3.05) is 5.32 Å². The first-order chi connectivity index (χ1) is 17.2. The van der Waals surface area contributed by atoms with Gasteiger partial charge in [0.1, 0.15) is 0 Å². The van der Waals surface area contributed by atoms with Gasteiger partial charge in [-0.1, -0.05) is 36.4 Å². The minimum atomic E-state index is -3.60. The van der Waals surface area contributed by atoms with Gasteiger partial charge in [-0.05, 0) is 87.6 Å². The molecular weight excluding hydrogens is 466 g/mol. The number of para-hydroxylation sites is 1. The number of allylic oxidation sites excluding steroid dienone is 2. The molecule has 0 radical (unpaired) electrons. The zero-order valence-corrected chi connectivity index (χ0v) is 22.1. The van der Waals surface area contributed by atoms with Crippen LogP contribution >= 0.6 is 0 Å². The maximum Gasteiger partial charge on any atom is 0.241 e. The van der Waals surface area contributed by atoms with Crippen molar-refractivity contribution in [1.82, 2.24) is 9.29 Å². The third kappa shape index (κ3) is 3.75. The van der Waals surface area contributed by atoms with Crippen molar-refractivity contribution in [2.24, 2.45) is 5.92 Å². The maximum atomic E-state index is 13.0. The number of aryl methyl sites for hydroxylation is 1. The van der Waals surface area contributed by atoms with E-state index in [0.717, 1.165) is 24.2 Å². The Morgan fingerprint density at radius 3 is 2.56 bits per heavy atom. The minimum Gasteiger partial charge on any atom is -0.378 e. The third-order valence-electron chi connectivity index (χ3n) is 7.56. The summed E-state index contributed by atoms with van der Waals surface area (Å²) in [7, 11) is -3.60. The molecule has 1 aromatic heterocycles. The van der Waals surface area contributed by atoms with Crippen molar-refractivity contribution in [1.29, 1.82) is 0 Å². The molecule has 6 rings (SSSR count). The van der Waals surface area contributed by atoms with Crippen molar-refractivity contribution in [3.63, 3.8) is 0 Å². The average molecular weight is 500 g/mol. The van der Waals surface area contributed by atoms with Crippen molar-refractivity contribution in [3.05, 3.63) is 83.9 Å². The predicted octanol–water partition coefficient (Wildman–Crippen LogP) is 6.72. The SMILES string of the molecule is CCn1c2ccccc2c2cc(C3Nc4ccc(S(=O)(=O)NC(C)(C)C)cc4C4C=CCC43)ccc21. The fraction of sp³-hybridized carbons (Fsp3) is 0.333. The van der Waals surface area contributed by atoms with Crippen LogP contribution in [0.1, 0.15) is 57.2 Å². The first-order valence-corrected chi connectivity index (χ1v) is 14.3. The third-order valence-corrected chi connectivity index (χ3v) is 9.31. The molecule has 0 bridgehead atoms. The molecule has 5 nitrogen and oxygen atoms in total. The Morgan fingerprint density at radius 2 is 1.78 bits per heavy atom. The molecular formula is C30H33N3O2S. The van der Waals surface area contributed by atoms with Gasteiger partial charge in [-0.2, -0.15) is 0 Å². The van der Waals surface area contributed by atoms with E-state index in [1.165, 1.54) is 27.4 Å². The van der Waals surface area contributed by atoms with Crippen LogP contribution in [0.25, 0.3) is 21.8 Å². The van der Waals surface area contributed by atoms with Crippen molar-refractivity contribution >= 4 is 37.5 Å². The van der Waals surface area contributed by atoms with Gasteiger partial charge in [-0.25, -0.2) is 13.1 Å². The summed E-state index contributed by atoms with van der Waals surface area (Å²) in [5.41, 5.74) is 5.35. The van der Waals surface area contributed by atoms with Crippen LogP contribution in [0.4, 0.5) is 5.69 Å². The summed E-state index contributed by atoms with van der Waals surface area (Å²) < 4.78 is 31.2. The topological polar surface area (TPSA) is 63.1 Å². The van der Waals surface area contributed by atoms with E-state index in [0.29, 0.717) is 10.8 Å². The zero-order valence-electron chi connectivity index (χ0n) is 21.2. The van der Waals surface area contributed by atoms with Crippen LogP contribution in [-0.4, -0.2) is 18.5 Å². The normalized spacial score (nSPS) is 21.5. The van der Waals surface area contributed by atoms with Crippen LogP contribution in [0.2, 0.25) is 0 Å². The molecule has 3 atom stereocenters. The molecule has 2 heterocycles. The highest BCUT2D eigenvalue weighted by atomic mass is 32.2. The van der Waals surface area contributed by atoms with Crippen LogP contribution in [0.3, 0.4) is 0 Å². The second-order valence-electron chi connectivity index (χ2n) is 11.1. The Hall–Kier alpha value is -3.09. The highest BCUT2D eigenvalue weighted by Gasteiger charge is 2.39. The molecule has 0 spiro atoms. The molecule has 6 heteroatoms. The molecule has 0 saturated carbocycles. The van der Waals surface area contributed by atoms with E-state index in [9.17, 15) is 8.42 Å². The van der Waals surface area contributed by atoms with E-state index in [1.807, 2.05) is 32.9 Å². The summed E-state index contributed by atoms with van der Waals surface area (Å²) in [6, 6.07) is 21.2. The van der Waals surface area contributed by atoms with Gasteiger partial charge < -0.3 is 9.88 Å². The number of anilines is 1. The van der Waals surface area contributed by atoms with Gasteiger partial charge >= 0.3 is 0 Å². The Balaban J connectivity index is 1.42. The van der Waals surface area contributed by atoms with Crippen molar-refractivity contribution in [3.8, 4) is 0 Å². The number of aromatic nitrogens is 1. The minimum absolute atomic E-state index is 0.154. The molecule has 0 saturated heterocycles. The van der Waals surface area contributed by atoms with Gasteiger partial charge in [-0.3, -0.25) is 0 Å². The van der Waals surface area contributed by atoms with Crippen LogP contribution in [0, 0.1) is 5.92 Å². The van der Waals surface area contributed by atoms with Crippen LogP contribution < -0.4 is 10.0 Å². The molecule has 2 aliphatic rings. The van der Waals surface area contributed by atoms with E-state index >= 15 is 0 Å². The van der Waals surface area contributed by atoms with Crippen LogP contribution in [0.5, 0.6) is 0 Å². The van der Waals surface area contributed by atoms with Crippen molar-refractivity contribution in [2.45, 2.75) is 63.1 Å². The molecule has 4 aromatic rings. The lowest BCUT2D eigenvalue weighted by Gasteiger charge is -2.38. The molecule has 3 unspecified atom stereocenters. The summed E-state index contributed by atoms with van der Waals surface area (Å²) >= 11 is 0. The second-order valence-corrected chi connectivity index (χ2v) is 12.8. The average Bonchev–Trinajstić information content (AvgIpc) is 3.44. The number of hydrogen-bond acceptors (Lipinski definition) is 3. The Morgan fingerprint density at radius 1 is 1.00 bits per heavy atom. The molecule has 1 aliphatic heterocycles. The lowest BCUT2D eigenvalue weighted by atomic mass is 9.77. The first kappa shape index (κ1) is 23.3. The molecule has 186 valence electrons. The number of rotatable bonds is 4. The fourth-order valence-corrected chi connectivity index (χ4v) is 7.59. The van der Waals surface area contributed by atoms with Crippen LogP contribution in [-0.2, 0) is 16.6 Å². The van der Waals surface area contributed by atoms with Gasteiger partial charge in [0.25, 0.3) is 0 Å². The van der Waals surface area contributed by atoms with E-state index in [2.05, 4.69) is 76.1 Å².